The second kappa shape index (κ2) is 8.39. The molecule has 0 aromatic carbocycles. The quantitative estimate of drug-likeness (QED) is 0.480. The van der Waals surface area contributed by atoms with Gasteiger partial charge in [-0.1, -0.05) is 94.6 Å². The SMILES string of the molecule is CCCCCCc1c(C(Cl)(Cl)C(Cl)(Cl)Cl)nnn1C(=O)n1ccnn1. The lowest BCUT2D eigenvalue weighted by Crippen LogP contribution is -2.31. The van der Waals surface area contributed by atoms with Crippen molar-refractivity contribution in [2.75, 3.05) is 0 Å². The highest BCUT2D eigenvalue weighted by Gasteiger charge is 2.51. The molecule has 12 heteroatoms. The summed E-state index contributed by atoms with van der Waals surface area (Å²) in [4.78, 5) is 12.5. The highest BCUT2D eigenvalue weighted by atomic mass is 35.6. The van der Waals surface area contributed by atoms with Crippen LogP contribution in [-0.4, -0.2) is 39.8 Å². The van der Waals surface area contributed by atoms with Crippen molar-refractivity contribution in [3.05, 3.63) is 23.8 Å². The summed E-state index contributed by atoms with van der Waals surface area (Å²) in [6.07, 6.45) is 7.01. The van der Waals surface area contributed by atoms with Crippen molar-refractivity contribution in [1.29, 1.82) is 0 Å². The molecule has 25 heavy (non-hydrogen) atoms. The fraction of sp³-hybridized carbons (Fsp3) is 0.615. The van der Waals surface area contributed by atoms with Crippen LogP contribution in [0.4, 0.5) is 4.79 Å². The van der Waals surface area contributed by atoms with Gasteiger partial charge in [0.1, 0.15) is 5.69 Å². The van der Waals surface area contributed by atoms with Crippen LogP contribution in [0.3, 0.4) is 0 Å². The van der Waals surface area contributed by atoms with Gasteiger partial charge >= 0.3 is 6.03 Å². The van der Waals surface area contributed by atoms with Crippen LogP contribution in [0.5, 0.6) is 0 Å². The number of hydrogen-bond donors (Lipinski definition) is 0. The molecule has 0 saturated heterocycles. The van der Waals surface area contributed by atoms with E-state index in [0.29, 0.717) is 12.1 Å². The molecule has 0 N–H and O–H groups in total. The Hall–Kier alpha value is -0.600. The molecule has 7 nitrogen and oxygen atoms in total. The minimum Gasteiger partial charge on any atom is -0.243 e. The topological polar surface area (TPSA) is 78.5 Å². The average molecular weight is 449 g/mol. The number of unbranched alkanes of at least 4 members (excludes halogenated alkanes) is 3. The molecule has 0 atom stereocenters. The minimum absolute atomic E-state index is 0.0285. The molecule has 2 aromatic heterocycles. The van der Waals surface area contributed by atoms with E-state index < -0.39 is 14.2 Å². The maximum absolute atomic E-state index is 12.5. The largest absolute Gasteiger partial charge is 0.372 e. The molecule has 0 saturated carbocycles. The number of carbonyl (C=O) groups is 1. The van der Waals surface area contributed by atoms with Crippen molar-refractivity contribution >= 4 is 64.0 Å². The first kappa shape index (κ1) is 20.7. The summed E-state index contributed by atoms with van der Waals surface area (Å²) >= 11 is 30.1. The molecule has 2 heterocycles. The lowest BCUT2D eigenvalue weighted by molar-refractivity contribution is 0.236. The monoisotopic (exact) mass is 446 g/mol. The van der Waals surface area contributed by atoms with Gasteiger partial charge in [0.25, 0.3) is 0 Å². The van der Waals surface area contributed by atoms with E-state index in [1.165, 1.54) is 12.4 Å². The molecule has 0 aliphatic rings. The van der Waals surface area contributed by atoms with Crippen molar-refractivity contribution < 1.29 is 4.79 Å². The zero-order chi connectivity index (χ0) is 18.7. The maximum atomic E-state index is 12.5. The molecular weight excluding hydrogens is 433 g/mol. The van der Waals surface area contributed by atoms with Gasteiger partial charge in [-0.15, -0.1) is 10.2 Å². The molecule has 0 unspecified atom stereocenters. The summed E-state index contributed by atoms with van der Waals surface area (Å²) in [5, 5.41) is 15.0. The standard InChI is InChI=1S/C13H15Cl5N6O/c1-2-3-4-5-6-9-10(12(14,15)13(16,17)18)20-22-24(9)11(25)23-8-7-19-21-23/h7-8H,2-6H2,1H3. The molecule has 0 bridgehead atoms. The number of aromatic nitrogens is 6. The smallest absolute Gasteiger partial charge is 0.243 e. The Labute approximate surface area is 169 Å². The van der Waals surface area contributed by atoms with Gasteiger partial charge in [0.05, 0.1) is 18.1 Å². The number of rotatable bonds is 6. The van der Waals surface area contributed by atoms with Crippen molar-refractivity contribution in [1.82, 2.24) is 30.0 Å². The fourth-order valence-electron chi connectivity index (χ4n) is 2.18. The van der Waals surface area contributed by atoms with Crippen LogP contribution in [0.2, 0.25) is 0 Å². The van der Waals surface area contributed by atoms with Gasteiger partial charge in [-0.3, -0.25) is 0 Å². The second-order valence-corrected chi connectivity index (χ2v) is 8.92. The molecule has 2 aromatic rings. The summed E-state index contributed by atoms with van der Waals surface area (Å²) in [6.45, 7) is 2.09. The Morgan fingerprint density at radius 1 is 1.12 bits per heavy atom. The first-order chi connectivity index (χ1) is 11.7. The predicted molar refractivity (Wildman–Crippen MR) is 97.8 cm³/mol. The third-order valence-corrected chi connectivity index (χ3v) is 5.84. The molecular formula is C13H15Cl5N6O. The summed E-state index contributed by atoms with van der Waals surface area (Å²) in [7, 11) is 0. The van der Waals surface area contributed by atoms with Gasteiger partial charge in [-0.2, -0.15) is 9.36 Å². The zero-order valence-electron chi connectivity index (χ0n) is 13.2. The Balaban J connectivity index is 2.41. The number of alkyl halides is 5. The van der Waals surface area contributed by atoms with E-state index in [0.717, 1.165) is 35.0 Å². The van der Waals surface area contributed by atoms with Crippen LogP contribution in [0.25, 0.3) is 0 Å². The zero-order valence-corrected chi connectivity index (χ0v) is 17.0. The van der Waals surface area contributed by atoms with Crippen LogP contribution in [0.15, 0.2) is 12.4 Å². The fourth-order valence-corrected chi connectivity index (χ4v) is 2.75. The van der Waals surface area contributed by atoms with Gasteiger partial charge in [0.2, 0.25) is 8.13 Å². The average Bonchev–Trinajstić information content (AvgIpc) is 3.19. The maximum Gasteiger partial charge on any atom is 0.372 e. The van der Waals surface area contributed by atoms with Crippen molar-refractivity contribution in [3.8, 4) is 0 Å². The van der Waals surface area contributed by atoms with Crippen LogP contribution in [0.1, 0.15) is 44.0 Å². The van der Waals surface area contributed by atoms with Gasteiger partial charge in [0.15, 0.2) is 0 Å². The van der Waals surface area contributed by atoms with Gasteiger partial charge in [0, 0.05) is 0 Å². The molecule has 0 fully saturated rings. The lowest BCUT2D eigenvalue weighted by atomic mass is 10.1. The molecule has 138 valence electrons. The van der Waals surface area contributed by atoms with Crippen LogP contribution >= 0.6 is 58.0 Å². The molecule has 0 amide bonds. The minimum atomic E-state index is -2.06. The van der Waals surface area contributed by atoms with E-state index >= 15 is 0 Å². The lowest BCUT2D eigenvalue weighted by Gasteiger charge is -2.26. The van der Waals surface area contributed by atoms with E-state index in [4.69, 9.17) is 58.0 Å². The van der Waals surface area contributed by atoms with E-state index in [-0.39, 0.29) is 5.69 Å². The van der Waals surface area contributed by atoms with Crippen LogP contribution in [0, 0.1) is 0 Å². The molecule has 2 rings (SSSR count). The predicted octanol–water partition coefficient (Wildman–Crippen LogP) is 4.51. The first-order valence-corrected chi connectivity index (χ1v) is 9.39. The van der Waals surface area contributed by atoms with Crippen LogP contribution < -0.4 is 0 Å². The van der Waals surface area contributed by atoms with Crippen molar-refractivity contribution in [2.24, 2.45) is 0 Å². The van der Waals surface area contributed by atoms with E-state index in [2.05, 4.69) is 27.5 Å². The third kappa shape index (κ3) is 4.57. The van der Waals surface area contributed by atoms with Crippen LogP contribution in [-0.2, 0) is 10.8 Å². The van der Waals surface area contributed by atoms with Crippen molar-refractivity contribution in [3.63, 3.8) is 0 Å². The highest BCUT2D eigenvalue weighted by molar-refractivity contribution is 6.75. The number of carbonyl (C=O) groups excluding carboxylic acids is 1. The van der Waals surface area contributed by atoms with Crippen molar-refractivity contribution in [2.45, 2.75) is 47.2 Å². The Morgan fingerprint density at radius 2 is 1.84 bits per heavy atom. The first-order valence-electron chi connectivity index (χ1n) is 7.50. The molecule has 0 aliphatic heterocycles. The Kier molecular flexibility index (Phi) is 6.95. The normalized spacial score (nSPS) is 12.6. The Bertz CT molecular complexity index is 709. The summed E-state index contributed by atoms with van der Waals surface area (Å²) in [5.41, 5.74) is 0.397. The highest BCUT2D eigenvalue weighted by Crippen LogP contribution is 2.53. The summed E-state index contributed by atoms with van der Waals surface area (Å²) in [6, 6.07) is -0.588. The van der Waals surface area contributed by atoms with Gasteiger partial charge in [-0.05, 0) is 12.8 Å². The Morgan fingerprint density at radius 3 is 2.40 bits per heavy atom. The van der Waals surface area contributed by atoms with Gasteiger partial charge < -0.3 is 0 Å². The number of nitrogens with zero attached hydrogens (tertiary/aromatic N) is 6. The van der Waals surface area contributed by atoms with E-state index in [1.807, 2.05) is 0 Å². The van der Waals surface area contributed by atoms with Gasteiger partial charge in [-0.25, -0.2) is 4.79 Å². The van der Waals surface area contributed by atoms with E-state index in [9.17, 15) is 4.79 Å². The van der Waals surface area contributed by atoms with E-state index in [1.54, 1.807) is 0 Å². The summed E-state index contributed by atoms with van der Waals surface area (Å²) in [5.74, 6) is 0. The number of halogens is 5. The molecule has 0 radical (unpaired) electrons. The molecule has 0 spiro atoms. The third-order valence-electron chi connectivity index (χ3n) is 3.48. The summed E-state index contributed by atoms with van der Waals surface area (Å²) < 4.78 is -1.98. The number of hydrogen-bond acceptors (Lipinski definition) is 5. The second-order valence-electron chi connectivity index (χ2n) is 5.31. The molecule has 0 aliphatic carbocycles.